The zero-order valence-corrected chi connectivity index (χ0v) is 12.5. The molecule has 1 fully saturated rings. The van der Waals surface area contributed by atoms with Crippen molar-refractivity contribution in [3.63, 3.8) is 0 Å². The molecule has 1 amide bonds. The maximum atomic E-state index is 12.5. The van der Waals surface area contributed by atoms with E-state index in [2.05, 4.69) is 10.3 Å². The number of hydrogen-bond acceptors (Lipinski definition) is 3. The average Bonchev–Trinajstić information content (AvgIpc) is 2.56. The number of benzene rings is 1. The van der Waals surface area contributed by atoms with Crippen LogP contribution in [0.2, 0.25) is 0 Å². The molecule has 0 aliphatic heterocycles. The van der Waals surface area contributed by atoms with E-state index in [-0.39, 0.29) is 11.9 Å². The lowest BCUT2D eigenvalue weighted by atomic mass is 9.84. The van der Waals surface area contributed by atoms with E-state index in [9.17, 15) is 9.59 Å². The monoisotopic (exact) mass is 296 g/mol. The van der Waals surface area contributed by atoms with Gasteiger partial charge in [-0.2, -0.15) is 0 Å². The summed E-state index contributed by atoms with van der Waals surface area (Å²) in [5.74, 6) is 0.463. The number of pyridine rings is 1. The Morgan fingerprint density at radius 1 is 1.18 bits per heavy atom. The molecule has 4 nitrogen and oxygen atoms in total. The quantitative estimate of drug-likeness (QED) is 0.882. The highest BCUT2D eigenvalue weighted by Gasteiger charge is 2.23. The van der Waals surface area contributed by atoms with Gasteiger partial charge >= 0.3 is 0 Å². The van der Waals surface area contributed by atoms with Crippen LogP contribution in [0, 0.1) is 5.92 Å². The number of aromatic nitrogens is 1. The molecule has 0 unspecified atom stereocenters. The summed E-state index contributed by atoms with van der Waals surface area (Å²) in [6.07, 6.45) is 7.32. The summed E-state index contributed by atoms with van der Waals surface area (Å²) in [6.45, 7) is 0. The molecule has 0 bridgehead atoms. The summed E-state index contributed by atoms with van der Waals surface area (Å²) in [4.78, 5) is 27.4. The molecule has 1 aliphatic rings. The maximum Gasteiger partial charge on any atom is 0.252 e. The van der Waals surface area contributed by atoms with Crippen LogP contribution in [0.4, 0.5) is 0 Å². The van der Waals surface area contributed by atoms with Crippen LogP contribution < -0.4 is 5.32 Å². The number of carbonyl (C=O) groups is 2. The van der Waals surface area contributed by atoms with Gasteiger partial charge in [0, 0.05) is 29.6 Å². The van der Waals surface area contributed by atoms with E-state index in [0.717, 1.165) is 42.9 Å². The highest BCUT2D eigenvalue weighted by atomic mass is 16.1. The summed E-state index contributed by atoms with van der Waals surface area (Å²) in [5.41, 5.74) is 1.52. The van der Waals surface area contributed by atoms with Crippen LogP contribution in [-0.4, -0.2) is 23.2 Å². The van der Waals surface area contributed by atoms with Gasteiger partial charge in [0.05, 0.1) is 5.52 Å². The van der Waals surface area contributed by atoms with Crippen molar-refractivity contribution in [3.8, 4) is 0 Å². The maximum absolute atomic E-state index is 12.5. The average molecular weight is 296 g/mol. The lowest BCUT2D eigenvalue weighted by Crippen LogP contribution is -2.37. The minimum atomic E-state index is -0.0302. The van der Waals surface area contributed by atoms with E-state index in [1.165, 1.54) is 0 Å². The first-order chi connectivity index (χ1) is 10.8. The molecule has 0 radical (unpaired) electrons. The third-order valence-corrected chi connectivity index (χ3v) is 4.50. The van der Waals surface area contributed by atoms with Gasteiger partial charge in [0.1, 0.15) is 6.29 Å². The minimum absolute atomic E-state index is 0.0302. The van der Waals surface area contributed by atoms with E-state index >= 15 is 0 Å². The van der Waals surface area contributed by atoms with Crippen molar-refractivity contribution in [3.05, 3.63) is 42.1 Å². The zero-order chi connectivity index (χ0) is 15.4. The van der Waals surface area contributed by atoms with E-state index in [1.54, 1.807) is 6.20 Å². The summed E-state index contributed by atoms with van der Waals surface area (Å²) in [7, 11) is 0. The second-order valence-corrected chi connectivity index (χ2v) is 5.97. The predicted octanol–water partition coefficient (Wildman–Crippen LogP) is 3.11. The Bertz CT molecular complexity index is 670. The fourth-order valence-electron chi connectivity index (χ4n) is 3.24. The molecule has 1 heterocycles. The van der Waals surface area contributed by atoms with Gasteiger partial charge < -0.3 is 10.1 Å². The van der Waals surface area contributed by atoms with Gasteiger partial charge in [-0.1, -0.05) is 12.1 Å². The Hall–Kier alpha value is -2.23. The van der Waals surface area contributed by atoms with Gasteiger partial charge in [0.15, 0.2) is 0 Å². The Morgan fingerprint density at radius 3 is 2.77 bits per heavy atom. The van der Waals surface area contributed by atoms with E-state index in [1.807, 2.05) is 30.3 Å². The molecule has 1 N–H and O–H groups in total. The van der Waals surface area contributed by atoms with Crippen molar-refractivity contribution in [1.82, 2.24) is 10.3 Å². The van der Waals surface area contributed by atoms with Crippen molar-refractivity contribution in [2.24, 2.45) is 5.92 Å². The SMILES string of the molecule is O=CCC1CCC(NC(=O)c2cccc3ncccc23)CC1. The zero-order valence-electron chi connectivity index (χ0n) is 12.5. The number of carbonyl (C=O) groups excluding carboxylic acids is 2. The van der Waals surface area contributed by atoms with Crippen LogP contribution >= 0.6 is 0 Å². The summed E-state index contributed by atoms with van der Waals surface area (Å²) >= 11 is 0. The van der Waals surface area contributed by atoms with Crippen LogP contribution in [0.1, 0.15) is 42.5 Å². The van der Waals surface area contributed by atoms with Crippen molar-refractivity contribution in [2.45, 2.75) is 38.1 Å². The molecule has 22 heavy (non-hydrogen) atoms. The molecule has 1 saturated carbocycles. The van der Waals surface area contributed by atoms with Crippen molar-refractivity contribution >= 4 is 23.1 Å². The van der Waals surface area contributed by atoms with Gasteiger partial charge in [0.2, 0.25) is 0 Å². The smallest absolute Gasteiger partial charge is 0.252 e. The molecule has 0 saturated heterocycles. The van der Waals surface area contributed by atoms with Crippen molar-refractivity contribution < 1.29 is 9.59 Å². The Balaban J connectivity index is 1.68. The Kier molecular flexibility index (Phi) is 4.47. The normalized spacial score (nSPS) is 21.5. The number of amides is 1. The Morgan fingerprint density at radius 2 is 2.00 bits per heavy atom. The Labute approximate surface area is 129 Å². The van der Waals surface area contributed by atoms with E-state index < -0.39 is 0 Å². The number of aldehydes is 1. The van der Waals surface area contributed by atoms with Crippen molar-refractivity contribution in [2.75, 3.05) is 0 Å². The second-order valence-electron chi connectivity index (χ2n) is 5.97. The number of nitrogens with zero attached hydrogens (tertiary/aromatic N) is 1. The first kappa shape index (κ1) is 14.7. The van der Waals surface area contributed by atoms with Gasteiger partial charge in [-0.05, 0) is 49.8 Å². The molecule has 1 aromatic heterocycles. The molecule has 0 atom stereocenters. The molecule has 114 valence electrons. The summed E-state index contributed by atoms with van der Waals surface area (Å²) < 4.78 is 0. The number of hydrogen-bond donors (Lipinski definition) is 1. The first-order valence-corrected chi connectivity index (χ1v) is 7.86. The largest absolute Gasteiger partial charge is 0.349 e. The van der Waals surface area contributed by atoms with Crippen LogP contribution in [-0.2, 0) is 4.79 Å². The molecule has 2 aromatic rings. The molecular weight excluding hydrogens is 276 g/mol. The molecule has 1 aliphatic carbocycles. The predicted molar refractivity (Wildman–Crippen MR) is 85.6 cm³/mol. The number of fused-ring (bicyclic) bond motifs is 1. The third kappa shape index (κ3) is 3.16. The summed E-state index contributed by atoms with van der Waals surface area (Å²) in [5, 5.41) is 4.02. The molecule has 1 aromatic carbocycles. The fraction of sp³-hybridized carbons (Fsp3) is 0.389. The standard InChI is InChI=1S/C18H20N2O2/c21-12-10-13-6-8-14(9-7-13)20-18(22)16-3-1-5-17-15(16)4-2-11-19-17/h1-5,11-14H,6-10H2,(H,20,22). The van der Waals surface area contributed by atoms with Crippen LogP contribution in [0.3, 0.4) is 0 Å². The van der Waals surface area contributed by atoms with E-state index in [4.69, 9.17) is 0 Å². The highest BCUT2D eigenvalue weighted by Crippen LogP contribution is 2.26. The molecular formula is C18H20N2O2. The molecule has 4 heteroatoms. The minimum Gasteiger partial charge on any atom is -0.349 e. The molecule has 0 spiro atoms. The van der Waals surface area contributed by atoms with Gasteiger partial charge in [-0.15, -0.1) is 0 Å². The van der Waals surface area contributed by atoms with E-state index in [0.29, 0.717) is 17.9 Å². The first-order valence-electron chi connectivity index (χ1n) is 7.86. The lowest BCUT2D eigenvalue weighted by molar-refractivity contribution is -0.108. The lowest BCUT2D eigenvalue weighted by Gasteiger charge is -2.28. The van der Waals surface area contributed by atoms with Crippen LogP contribution in [0.15, 0.2) is 36.5 Å². The number of nitrogens with one attached hydrogen (secondary N) is 1. The van der Waals surface area contributed by atoms with Gasteiger partial charge in [-0.25, -0.2) is 0 Å². The molecule has 3 rings (SSSR count). The van der Waals surface area contributed by atoms with Crippen LogP contribution in [0.25, 0.3) is 10.9 Å². The van der Waals surface area contributed by atoms with Gasteiger partial charge in [0.25, 0.3) is 5.91 Å². The van der Waals surface area contributed by atoms with Crippen LogP contribution in [0.5, 0.6) is 0 Å². The fourth-order valence-corrected chi connectivity index (χ4v) is 3.24. The highest BCUT2D eigenvalue weighted by molar-refractivity contribution is 6.06. The topological polar surface area (TPSA) is 59.1 Å². The van der Waals surface area contributed by atoms with Gasteiger partial charge in [-0.3, -0.25) is 9.78 Å². The third-order valence-electron chi connectivity index (χ3n) is 4.50. The number of rotatable bonds is 4. The second kappa shape index (κ2) is 6.69. The van der Waals surface area contributed by atoms with Crippen molar-refractivity contribution in [1.29, 1.82) is 0 Å². The summed E-state index contributed by atoms with van der Waals surface area (Å²) in [6, 6.07) is 9.61.